The van der Waals surface area contributed by atoms with Crippen LogP contribution in [0.4, 0.5) is 0 Å². The third kappa shape index (κ3) is 8.18. The molecule has 0 saturated heterocycles. The van der Waals surface area contributed by atoms with Gasteiger partial charge < -0.3 is 22.5 Å². The number of rotatable bonds is 9. The van der Waals surface area contributed by atoms with Gasteiger partial charge in [0.1, 0.15) is 0 Å². The summed E-state index contributed by atoms with van der Waals surface area (Å²) in [5, 5.41) is 3.35. The Kier molecular flexibility index (Phi) is 9.80. The van der Waals surface area contributed by atoms with Crippen molar-refractivity contribution in [2.24, 2.45) is 23.1 Å². The highest BCUT2D eigenvalue weighted by Crippen LogP contribution is 1.92. The smallest absolute Gasteiger partial charge is 0.000365 e. The lowest BCUT2D eigenvalue weighted by molar-refractivity contribution is 0.484. The Morgan fingerprint density at radius 2 is 1.62 bits per heavy atom. The van der Waals surface area contributed by atoms with E-state index in [0.29, 0.717) is 19.0 Å². The SMILES string of the molecule is NCCCCCNCC(CN)CN. The zero-order chi connectivity index (χ0) is 9.94. The summed E-state index contributed by atoms with van der Waals surface area (Å²) in [6.07, 6.45) is 3.53. The largest absolute Gasteiger partial charge is 0.330 e. The van der Waals surface area contributed by atoms with E-state index in [1.807, 2.05) is 0 Å². The first kappa shape index (κ1) is 12.8. The van der Waals surface area contributed by atoms with E-state index in [4.69, 9.17) is 17.2 Å². The van der Waals surface area contributed by atoms with Gasteiger partial charge in [0.15, 0.2) is 0 Å². The Balaban J connectivity index is 3.05. The van der Waals surface area contributed by atoms with Gasteiger partial charge in [0.05, 0.1) is 0 Å². The molecule has 13 heavy (non-hydrogen) atoms. The first-order valence-electron chi connectivity index (χ1n) is 5.16. The van der Waals surface area contributed by atoms with E-state index in [-0.39, 0.29) is 0 Å². The second-order valence-corrected chi connectivity index (χ2v) is 3.39. The van der Waals surface area contributed by atoms with Gasteiger partial charge in [-0.15, -0.1) is 0 Å². The Morgan fingerprint density at radius 3 is 2.15 bits per heavy atom. The second kappa shape index (κ2) is 9.92. The monoisotopic (exact) mass is 188 g/mol. The molecule has 0 rings (SSSR count). The number of nitrogens with one attached hydrogen (secondary N) is 1. The molecule has 0 aliphatic rings. The molecule has 7 N–H and O–H groups in total. The lowest BCUT2D eigenvalue weighted by Gasteiger charge is -2.12. The summed E-state index contributed by atoms with van der Waals surface area (Å²) >= 11 is 0. The van der Waals surface area contributed by atoms with Crippen LogP contribution in [-0.4, -0.2) is 32.7 Å². The maximum Gasteiger partial charge on any atom is 0.000365 e. The molecule has 0 atom stereocenters. The third-order valence-electron chi connectivity index (χ3n) is 2.16. The van der Waals surface area contributed by atoms with Crippen molar-refractivity contribution in [3.63, 3.8) is 0 Å². The van der Waals surface area contributed by atoms with Gasteiger partial charge in [0.2, 0.25) is 0 Å². The predicted molar refractivity (Wildman–Crippen MR) is 57.4 cm³/mol. The summed E-state index contributed by atoms with van der Waals surface area (Å²) in [5.41, 5.74) is 16.4. The maximum atomic E-state index is 5.51. The van der Waals surface area contributed by atoms with Gasteiger partial charge >= 0.3 is 0 Å². The molecule has 0 aromatic heterocycles. The summed E-state index contributed by atoms with van der Waals surface area (Å²) in [5.74, 6) is 0.425. The topological polar surface area (TPSA) is 90.1 Å². The Hall–Kier alpha value is -0.160. The Bertz CT molecular complexity index is 93.6. The van der Waals surface area contributed by atoms with Gasteiger partial charge in [-0.25, -0.2) is 0 Å². The van der Waals surface area contributed by atoms with Crippen molar-refractivity contribution in [1.82, 2.24) is 5.32 Å². The van der Waals surface area contributed by atoms with Crippen LogP contribution < -0.4 is 22.5 Å². The summed E-state index contributed by atoms with van der Waals surface area (Å²) in [6, 6.07) is 0. The molecule has 0 spiro atoms. The van der Waals surface area contributed by atoms with Crippen LogP contribution in [0.15, 0.2) is 0 Å². The zero-order valence-corrected chi connectivity index (χ0v) is 8.47. The lowest BCUT2D eigenvalue weighted by Crippen LogP contribution is -2.33. The molecule has 0 fully saturated rings. The summed E-state index contributed by atoms with van der Waals surface area (Å²) in [4.78, 5) is 0. The highest BCUT2D eigenvalue weighted by molar-refractivity contribution is 4.63. The summed E-state index contributed by atoms with van der Waals surface area (Å²) in [6.45, 7) is 4.14. The molecule has 4 heteroatoms. The van der Waals surface area contributed by atoms with Crippen LogP contribution >= 0.6 is 0 Å². The molecule has 0 radical (unpaired) electrons. The number of unbranched alkanes of at least 4 members (excludes halogenated alkanes) is 2. The quantitative estimate of drug-likeness (QED) is 0.358. The first-order chi connectivity index (χ1) is 6.35. The third-order valence-corrected chi connectivity index (χ3v) is 2.16. The van der Waals surface area contributed by atoms with Crippen molar-refractivity contribution in [2.45, 2.75) is 19.3 Å². The fourth-order valence-corrected chi connectivity index (χ4v) is 1.14. The molecule has 0 amide bonds. The summed E-state index contributed by atoms with van der Waals surface area (Å²) < 4.78 is 0. The van der Waals surface area contributed by atoms with E-state index >= 15 is 0 Å². The van der Waals surface area contributed by atoms with Gasteiger partial charge in [-0.05, 0) is 44.9 Å². The molecule has 0 aliphatic heterocycles. The molecule has 80 valence electrons. The van der Waals surface area contributed by atoms with E-state index in [2.05, 4.69) is 5.32 Å². The molecule has 0 heterocycles. The average molecular weight is 188 g/mol. The maximum absolute atomic E-state index is 5.51. The van der Waals surface area contributed by atoms with Crippen LogP contribution in [0.5, 0.6) is 0 Å². The van der Waals surface area contributed by atoms with Crippen molar-refractivity contribution >= 4 is 0 Å². The zero-order valence-electron chi connectivity index (χ0n) is 8.47. The minimum atomic E-state index is 0.425. The number of nitrogens with two attached hydrogens (primary N) is 3. The van der Waals surface area contributed by atoms with E-state index < -0.39 is 0 Å². The van der Waals surface area contributed by atoms with Crippen molar-refractivity contribution in [1.29, 1.82) is 0 Å². The van der Waals surface area contributed by atoms with Gasteiger partial charge in [0, 0.05) is 6.54 Å². The van der Waals surface area contributed by atoms with Crippen molar-refractivity contribution in [3.8, 4) is 0 Å². The molecule has 0 aromatic carbocycles. The van der Waals surface area contributed by atoms with Gasteiger partial charge in [0.25, 0.3) is 0 Å². The fourth-order valence-electron chi connectivity index (χ4n) is 1.14. The molecule has 0 aliphatic carbocycles. The minimum Gasteiger partial charge on any atom is -0.330 e. The molecule has 4 nitrogen and oxygen atoms in total. The number of hydrogen-bond donors (Lipinski definition) is 4. The predicted octanol–water partition coefficient (Wildman–Crippen LogP) is -0.761. The molecular weight excluding hydrogens is 164 g/mol. The molecule has 0 aromatic rings. The number of hydrogen-bond acceptors (Lipinski definition) is 4. The first-order valence-corrected chi connectivity index (χ1v) is 5.16. The summed E-state index contributed by atoms with van der Waals surface area (Å²) in [7, 11) is 0. The fraction of sp³-hybridized carbons (Fsp3) is 1.00. The van der Waals surface area contributed by atoms with Crippen LogP contribution in [0.3, 0.4) is 0 Å². The minimum absolute atomic E-state index is 0.425. The van der Waals surface area contributed by atoms with Crippen molar-refractivity contribution in [2.75, 3.05) is 32.7 Å². The van der Waals surface area contributed by atoms with Gasteiger partial charge in [-0.3, -0.25) is 0 Å². The molecular formula is C9H24N4. The highest BCUT2D eigenvalue weighted by Gasteiger charge is 2.01. The van der Waals surface area contributed by atoms with E-state index in [0.717, 1.165) is 26.1 Å². The van der Waals surface area contributed by atoms with Crippen LogP contribution in [0.2, 0.25) is 0 Å². The van der Waals surface area contributed by atoms with Crippen LogP contribution in [0.25, 0.3) is 0 Å². The van der Waals surface area contributed by atoms with E-state index in [9.17, 15) is 0 Å². The van der Waals surface area contributed by atoms with Gasteiger partial charge in [-0.1, -0.05) is 6.42 Å². The van der Waals surface area contributed by atoms with E-state index in [1.54, 1.807) is 0 Å². The Labute approximate surface area is 81.2 Å². The van der Waals surface area contributed by atoms with Crippen molar-refractivity contribution < 1.29 is 0 Å². The van der Waals surface area contributed by atoms with Crippen LogP contribution in [0, 0.1) is 5.92 Å². The van der Waals surface area contributed by atoms with Crippen molar-refractivity contribution in [3.05, 3.63) is 0 Å². The lowest BCUT2D eigenvalue weighted by atomic mass is 10.1. The average Bonchev–Trinajstić information content (AvgIpc) is 2.17. The highest BCUT2D eigenvalue weighted by atomic mass is 14.9. The van der Waals surface area contributed by atoms with E-state index in [1.165, 1.54) is 12.8 Å². The molecule has 0 unspecified atom stereocenters. The second-order valence-electron chi connectivity index (χ2n) is 3.39. The standard InChI is InChI=1S/C9H24N4/c10-4-2-1-3-5-13-8-9(6-11)7-12/h9,13H,1-8,10-12H2. The molecule has 0 bridgehead atoms. The van der Waals surface area contributed by atoms with Gasteiger partial charge in [-0.2, -0.15) is 0 Å². The molecule has 0 saturated carbocycles. The van der Waals surface area contributed by atoms with Crippen LogP contribution in [-0.2, 0) is 0 Å². The Morgan fingerprint density at radius 1 is 0.923 bits per heavy atom. The van der Waals surface area contributed by atoms with Crippen LogP contribution in [0.1, 0.15) is 19.3 Å². The normalized spacial score (nSPS) is 11.1.